The van der Waals surface area contributed by atoms with Crippen molar-refractivity contribution in [3.05, 3.63) is 36.5 Å². The number of allylic oxidation sites excluding steroid dienone is 5. The third-order valence-corrected chi connectivity index (χ3v) is 2.38. The minimum atomic E-state index is 0.312. The van der Waals surface area contributed by atoms with E-state index in [1.54, 1.807) is 0 Å². The van der Waals surface area contributed by atoms with Crippen molar-refractivity contribution in [2.24, 2.45) is 11.3 Å². The summed E-state index contributed by atoms with van der Waals surface area (Å²) in [6.07, 6.45) is 9.76. The van der Waals surface area contributed by atoms with Crippen molar-refractivity contribution in [1.29, 1.82) is 0 Å². The molecule has 0 heteroatoms. The zero-order valence-electron chi connectivity index (χ0n) is 8.30. The summed E-state index contributed by atoms with van der Waals surface area (Å²) in [7, 11) is 0. The van der Waals surface area contributed by atoms with Crippen LogP contribution in [0.15, 0.2) is 36.5 Å². The molecule has 0 aromatic heterocycles. The molecule has 1 rings (SSSR count). The third kappa shape index (κ3) is 2.10. The van der Waals surface area contributed by atoms with Crippen molar-refractivity contribution in [1.82, 2.24) is 0 Å². The molecular weight excluding hydrogens is 144 g/mol. The third-order valence-electron chi connectivity index (χ3n) is 2.38. The lowest BCUT2D eigenvalue weighted by Crippen LogP contribution is -2.13. The van der Waals surface area contributed by atoms with Gasteiger partial charge in [0.2, 0.25) is 0 Å². The number of hydrogen-bond donors (Lipinski definition) is 0. The highest BCUT2D eigenvalue weighted by molar-refractivity contribution is 5.25. The fraction of sp³-hybridized carbons (Fsp3) is 0.500. The van der Waals surface area contributed by atoms with Crippen molar-refractivity contribution in [3.63, 3.8) is 0 Å². The molecule has 0 N–H and O–H groups in total. The molecule has 0 fully saturated rings. The van der Waals surface area contributed by atoms with Crippen LogP contribution >= 0.6 is 0 Å². The Bertz CT molecular complexity index is 223. The van der Waals surface area contributed by atoms with E-state index in [9.17, 15) is 0 Å². The van der Waals surface area contributed by atoms with Crippen LogP contribution < -0.4 is 0 Å². The zero-order valence-corrected chi connectivity index (χ0v) is 8.30. The number of hydrogen-bond acceptors (Lipinski definition) is 0. The van der Waals surface area contributed by atoms with Crippen LogP contribution in [-0.4, -0.2) is 0 Å². The molecule has 1 atom stereocenters. The van der Waals surface area contributed by atoms with Gasteiger partial charge >= 0.3 is 0 Å². The van der Waals surface area contributed by atoms with Gasteiger partial charge in [-0.15, -0.1) is 6.58 Å². The molecule has 12 heavy (non-hydrogen) atoms. The van der Waals surface area contributed by atoms with Gasteiger partial charge in [-0.25, -0.2) is 0 Å². The van der Waals surface area contributed by atoms with Crippen molar-refractivity contribution in [3.8, 4) is 0 Å². The second kappa shape index (κ2) is 3.30. The standard InChI is InChI=1S/C12H18/c1-5-10-7-6-8-11(9-10)12(2,3)4/h5-8,10H,1,9H2,2-4H3. The first kappa shape index (κ1) is 9.31. The highest BCUT2D eigenvalue weighted by Crippen LogP contribution is 2.33. The molecule has 0 aliphatic heterocycles. The predicted molar refractivity (Wildman–Crippen MR) is 55.0 cm³/mol. The summed E-state index contributed by atoms with van der Waals surface area (Å²) >= 11 is 0. The predicted octanol–water partition coefficient (Wildman–Crippen LogP) is 3.72. The molecule has 0 saturated carbocycles. The summed E-state index contributed by atoms with van der Waals surface area (Å²) in [5.74, 6) is 0.546. The van der Waals surface area contributed by atoms with E-state index in [1.165, 1.54) is 5.57 Å². The minimum absolute atomic E-state index is 0.312. The maximum absolute atomic E-state index is 3.82. The summed E-state index contributed by atoms with van der Waals surface area (Å²) in [4.78, 5) is 0. The van der Waals surface area contributed by atoms with Crippen LogP contribution in [0.2, 0.25) is 0 Å². The van der Waals surface area contributed by atoms with Crippen molar-refractivity contribution < 1.29 is 0 Å². The van der Waals surface area contributed by atoms with Crippen LogP contribution in [0.25, 0.3) is 0 Å². The Morgan fingerprint density at radius 1 is 1.50 bits per heavy atom. The van der Waals surface area contributed by atoms with Gasteiger partial charge in [-0.2, -0.15) is 0 Å². The first-order valence-electron chi connectivity index (χ1n) is 4.54. The summed E-state index contributed by atoms with van der Waals surface area (Å²) in [6, 6.07) is 0. The van der Waals surface area contributed by atoms with Crippen LogP contribution in [-0.2, 0) is 0 Å². The first-order chi connectivity index (χ1) is 5.54. The molecule has 66 valence electrons. The molecule has 0 spiro atoms. The molecule has 0 aromatic carbocycles. The monoisotopic (exact) mass is 162 g/mol. The lowest BCUT2D eigenvalue weighted by Gasteiger charge is -2.26. The molecule has 1 unspecified atom stereocenters. The van der Waals surface area contributed by atoms with Crippen molar-refractivity contribution in [2.45, 2.75) is 27.2 Å². The molecule has 0 aromatic rings. The van der Waals surface area contributed by atoms with Gasteiger partial charge < -0.3 is 0 Å². The summed E-state index contributed by atoms with van der Waals surface area (Å²) < 4.78 is 0. The topological polar surface area (TPSA) is 0 Å². The molecule has 1 aliphatic carbocycles. The molecule has 1 aliphatic rings. The minimum Gasteiger partial charge on any atom is -0.102 e. The van der Waals surface area contributed by atoms with Gasteiger partial charge in [0.05, 0.1) is 0 Å². The second-order valence-corrected chi connectivity index (χ2v) is 4.43. The Balaban J connectivity index is 2.76. The summed E-state index contributed by atoms with van der Waals surface area (Å²) in [6.45, 7) is 10.6. The van der Waals surface area contributed by atoms with Gasteiger partial charge in [0, 0.05) is 0 Å². The van der Waals surface area contributed by atoms with Gasteiger partial charge in [-0.05, 0) is 17.8 Å². The first-order valence-corrected chi connectivity index (χ1v) is 4.54. The van der Waals surface area contributed by atoms with E-state index >= 15 is 0 Å². The largest absolute Gasteiger partial charge is 0.102 e. The summed E-state index contributed by atoms with van der Waals surface area (Å²) in [5.41, 5.74) is 1.83. The average molecular weight is 162 g/mol. The van der Waals surface area contributed by atoms with E-state index < -0.39 is 0 Å². The van der Waals surface area contributed by atoms with E-state index in [4.69, 9.17) is 0 Å². The van der Waals surface area contributed by atoms with Crippen LogP contribution in [0.3, 0.4) is 0 Å². The normalized spacial score (nSPS) is 23.6. The van der Waals surface area contributed by atoms with Crippen LogP contribution in [0.5, 0.6) is 0 Å². The van der Waals surface area contributed by atoms with Gasteiger partial charge in [0.25, 0.3) is 0 Å². The lowest BCUT2D eigenvalue weighted by molar-refractivity contribution is 0.469. The van der Waals surface area contributed by atoms with Gasteiger partial charge in [-0.1, -0.05) is 50.6 Å². The van der Waals surface area contributed by atoms with Crippen LogP contribution in [0.4, 0.5) is 0 Å². The van der Waals surface area contributed by atoms with E-state index in [0.29, 0.717) is 11.3 Å². The highest BCUT2D eigenvalue weighted by Gasteiger charge is 2.19. The Morgan fingerprint density at radius 2 is 2.17 bits per heavy atom. The fourth-order valence-corrected chi connectivity index (χ4v) is 1.42. The Morgan fingerprint density at radius 3 is 2.67 bits per heavy atom. The van der Waals surface area contributed by atoms with E-state index in [-0.39, 0.29) is 0 Å². The molecule has 0 radical (unpaired) electrons. The van der Waals surface area contributed by atoms with Gasteiger partial charge in [0.1, 0.15) is 0 Å². The van der Waals surface area contributed by atoms with Crippen molar-refractivity contribution >= 4 is 0 Å². The maximum Gasteiger partial charge on any atom is -0.00155 e. The number of rotatable bonds is 1. The van der Waals surface area contributed by atoms with Crippen LogP contribution in [0, 0.1) is 11.3 Å². The van der Waals surface area contributed by atoms with Gasteiger partial charge in [-0.3, -0.25) is 0 Å². The molecular formula is C12H18. The molecule has 0 heterocycles. The van der Waals surface area contributed by atoms with E-state index in [0.717, 1.165) is 6.42 Å². The fourth-order valence-electron chi connectivity index (χ4n) is 1.42. The Hall–Kier alpha value is -0.780. The van der Waals surface area contributed by atoms with E-state index in [2.05, 4.69) is 45.6 Å². The van der Waals surface area contributed by atoms with Crippen molar-refractivity contribution in [2.75, 3.05) is 0 Å². The SMILES string of the molecule is C=CC1C=CC=C(C(C)(C)C)C1. The average Bonchev–Trinajstić information content (AvgIpc) is 2.03. The smallest absolute Gasteiger partial charge is 0.00155 e. The van der Waals surface area contributed by atoms with Crippen LogP contribution in [0.1, 0.15) is 27.2 Å². The lowest BCUT2D eigenvalue weighted by atomic mass is 9.79. The second-order valence-electron chi connectivity index (χ2n) is 4.43. The maximum atomic E-state index is 3.82. The quantitative estimate of drug-likeness (QED) is 0.515. The Labute approximate surface area is 75.7 Å². The highest BCUT2D eigenvalue weighted by atomic mass is 14.2. The summed E-state index contributed by atoms with van der Waals surface area (Å²) in [5, 5.41) is 0. The zero-order chi connectivity index (χ0) is 9.19. The van der Waals surface area contributed by atoms with Gasteiger partial charge in [0.15, 0.2) is 0 Å². The molecule has 0 amide bonds. The Kier molecular flexibility index (Phi) is 2.56. The molecule has 0 nitrogen and oxygen atoms in total. The molecule has 0 saturated heterocycles. The molecule has 0 bridgehead atoms. The van der Waals surface area contributed by atoms with E-state index in [1.807, 2.05) is 6.08 Å².